The Morgan fingerprint density at radius 1 is 1.39 bits per heavy atom. The Morgan fingerprint density at radius 2 is 2.22 bits per heavy atom. The molecule has 1 fully saturated rings. The van der Waals surface area contributed by atoms with Crippen molar-refractivity contribution < 1.29 is 4.74 Å². The second-order valence-electron chi connectivity index (χ2n) is 5.20. The lowest BCUT2D eigenvalue weighted by molar-refractivity contribution is 0.356. The molecule has 2 rings (SSSR count). The zero-order valence-corrected chi connectivity index (χ0v) is 11.2. The highest BCUT2D eigenvalue weighted by Crippen LogP contribution is 2.25. The van der Waals surface area contributed by atoms with Crippen molar-refractivity contribution in [3.05, 3.63) is 42.5 Å². The first kappa shape index (κ1) is 13.2. The normalized spacial score (nSPS) is 22.9. The molecule has 0 heterocycles. The van der Waals surface area contributed by atoms with Gasteiger partial charge in [-0.15, -0.1) is 0 Å². The van der Waals surface area contributed by atoms with Crippen LogP contribution in [0.3, 0.4) is 0 Å². The molecule has 1 aliphatic carbocycles. The maximum atomic E-state index is 5.66. The molecule has 1 saturated carbocycles. The summed E-state index contributed by atoms with van der Waals surface area (Å²) in [6, 6.07) is 8.91. The highest BCUT2D eigenvalue weighted by atomic mass is 16.5. The molecule has 0 aromatic heterocycles. The van der Waals surface area contributed by atoms with E-state index in [-0.39, 0.29) is 0 Å². The molecule has 2 heteroatoms. The summed E-state index contributed by atoms with van der Waals surface area (Å²) in [5.74, 6) is 1.84. The molecule has 0 saturated heterocycles. The number of hydrogen-bond donors (Lipinski definition) is 1. The number of nitrogens with one attached hydrogen (secondary N) is 1. The Balaban J connectivity index is 1.89. The van der Waals surface area contributed by atoms with Crippen molar-refractivity contribution in [1.29, 1.82) is 0 Å². The van der Waals surface area contributed by atoms with Gasteiger partial charge in [0.15, 0.2) is 0 Å². The van der Waals surface area contributed by atoms with Crippen LogP contribution in [0.5, 0.6) is 5.75 Å². The van der Waals surface area contributed by atoms with Crippen molar-refractivity contribution in [3.8, 4) is 5.75 Å². The van der Waals surface area contributed by atoms with E-state index in [1.165, 1.54) is 24.8 Å². The van der Waals surface area contributed by atoms with Gasteiger partial charge in [0.25, 0.3) is 0 Å². The lowest BCUT2D eigenvalue weighted by Gasteiger charge is -2.15. The molecule has 0 radical (unpaired) electrons. The van der Waals surface area contributed by atoms with Gasteiger partial charge in [0, 0.05) is 18.2 Å². The fourth-order valence-corrected chi connectivity index (χ4v) is 2.59. The summed E-state index contributed by atoms with van der Waals surface area (Å²) in [7, 11) is 0. The maximum Gasteiger partial charge on any atom is 0.124 e. The van der Waals surface area contributed by atoms with Gasteiger partial charge in [-0.1, -0.05) is 37.8 Å². The van der Waals surface area contributed by atoms with Crippen LogP contribution in [0.25, 0.3) is 0 Å². The van der Waals surface area contributed by atoms with Crippen LogP contribution in [0.15, 0.2) is 36.9 Å². The van der Waals surface area contributed by atoms with Crippen LogP contribution in [0, 0.1) is 5.92 Å². The molecule has 18 heavy (non-hydrogen) atoms. The minimum atomic E-state index is 0.567. The van der Waals surface area contributed by atoms with Crippen LogP contribution in [-0.4, -0.2) is 12.6 Å². The molecule has 1 aromatic carbocycles. The van der Waals surface area contributed by atoms with E-state index in [1.54, 1.807) is 6.08 Å². The Bertz CT molecular complexity index is 388. The number of rotatable bonds is 6. The van der Waals surface area contributed by atoms with E-state index in [0.29, 0.717) is 12.6 Å². The maximum absolute atomic E-state index is 5.66. The fraction of sp³-hybridized carbons (Fsp3) is 0.500. The quantitative estimate of drug-likeness (QED) is 0.774. The van der Waals surface area contributed by atoms with Gasteiger partial charge in [0.05, 0.1) is 0 Å². The summed E-state index contributed by atoms with van der Waals surface area (Å²) in [4.78, 5) is 0. The smallest absolute Gasteiger partial charge is 0.124 e. The fourth-order valence-electron chi connectivity index (χ4n) is 2.59. The molecule has 0 bridgehead atoms. The average molecular weight is 245 g/mol. The molecule has 98 valence electrons. The molecular weight excluding hydrogens is 222 g/mol. The summed E-state index contributed by atoms with van der Waals surface area (Å²) < 4.78 is 5.66. The van der Waals surface area contributed by atoms with Gasteiger partial charge in [-0.2, -0.15) is 0 Å². The number of para-hydroxylation sites is 1. The van der Waals surface area contributed by atoms with Gasteiger partial charge in [0.2, 0.25) is 0 Å². The molecule has 0 aliphatic heterocycles. The second-order valence-corrected chi connectivity index (χ2v) is 5.20. The predicted molar refractivity (Wildman–Crippen MR) is 75.8 cm³/mol. The van der Waals surface area contributed by atoms with E-state index in [2.05, 4.69) is 31.0 Å². The molecule has 2 atom stereocenters. The second kappa shape index (κ2) is 6.60. The van der Waals surface area contributed by atoms with E-state index in [4.69, 9.17) is 4.74 Å². The van der Waals surface area contributed by atoms with Crippen LogP contribution in [0.2, 0.25) is 0 Å². The first-order valence-electron chi connectivity index (χ1n) is 6.84. The molecular formula is C16H23NO. The third kappa shape index (κ3) is 3.61. The SMILES string of the molecule is C=CCOc1ccccc1CNC1CCC(C)C1. The van der Waals surface area contributed by atoms with E-state index in [0.717, 1.165) is 18.2 Å². The zero-order valence-electron chi connectivity index (χ0n) is 11.2. The van der Waals surface area contributed by atoms with Crippen LogP contribution >= 0.6 is 0 Å². The molecule has 1 aliphatic rings. The van der Waals surface area contributed by atoms with E-state index in [1.807, 2.05) is 12.1 Å². The highest BCUT2D eigenvalue weighted by molar-refractivity contribution is 5.33. The molecule has 0 spiro atoms. The van der Waals surface area contributed by atoms with Crippen molar-refractivity contribution in [2.24, 2.45) is 5.92 Å². The first-order valence-corrected chi connectivity index (χ1v) is 6.84. The molecule has 1 aromatic rings. The van der Waals surface area contributed by atoms with Crippen molar-refractivity contribution >= 4 is 0 Å². The van der Waals surface area contributed by atoms with E-state index >= 15 is 0 Å². The minimum Gasteiger partial charge on any atom is -0.489 e. The Hall–Kier alpha value is -1.28. The van der Waals surface area contributed by atoms with Gasteiger partial charge in [0.1, 0.15) is 12.4 Å². The van der Waals surface area contributed by atoms with Crippen LogP contribution < -0.4 is 10.1 Å². The minimum absolute atomic E-state index is 0.567. The number of benzene rings is 1. The van der Waals surface area contributed by atoms with Gasteiger partial charge >= 0.3 is 0 Å². The standard InChI is InChI=1S/C16H23NO/c1-3-10-18-16-7-5-4-6-14(16)12-17-15-9-8-13(2)11-15/h3-7,13,15,17H,1,8-12H2,2H3. The predicted octanol–water partition coefficient (Wildman–Crippen LogP) is 3.53. The van der Waals surface area contributed by atoms with Crippen LogP contribution in [0.1, 0.15) is 31.7 Å². The topological polar surface area (TPSA) is 21.3 Å². The number of hydrogen-bond acceptors (Lipinski definition) is 2. The van der Waals surface area contributed by atoms with Crippen molar-refractivity contribution in [1.82, 2.24) is 5.32 Å². The monoisotopic (exact) mass is 245 g/mol. The van der Waals surface area contributed by atoms with E-state index in [9.17, 15) is 0 Å². The molecule has 2 nitrogen and oxygen atoms in total. The van der Waals surface area contributed by atoms with Gasteiger partial charge < -0.3 is 10.1 Å². The van der Waals surface area contributed by atoms with E-state index < -0.39 is 0 Å². The lowest BCUT2D eigenvalue weighted by Crippen LogP contribution is -2.26. The highest BCUT2D eigenvalue weighted by Gasteiger charge is 2.20. The summed E-state index contributed by atoms with van der Waals surface area (Å²) in [5, 5.41) is 3.64. The summed E-state index contributed by atoms with van der Waals surface area (Å²) in [5.41, 5.74) is 1.24. The van der Waals surface area contributed by atoms with Gasteiger partial charge in [-0.25, -0.2) is 0 Å². The van der Waals surface area contributed by atoms with Crippen LogP contribution in [0.4, 0.5) is 0 Å². The third-order valence-corrected chi connectivity index (χ3v) is 3.61. The largest absolute Gasteiger partial charge is 0.489 e. The first-order chi connectivity index (χ1) is 8.79. The lowest BCUT2D eigenvalue weighted by atomic mass is 10.1. The molecule has 2 unspecified atom stereocenters. The van der Waals surface area contributed by atoms with Gasteiger partial charge in [-0.3, -0.25) is 0 Å². The summed E-state index contributed by atoms with van der Waals surface area (Å²) in [6.07, 6.45) is 5.74. The zero-order chi connectivity index (χ0) is 12.8. The average Bonchev–Trinajstić information content (AvgIpc) is 2.81. The van der Waals surface area contributed by atoms with Crippen molar-refractivity contribution in [2.75, 3.05) is 6.61 Å². The number of ether oxygens (including phenoxy) is 1. The van der Waals surface area contributed by atoms with Crippen molar-refractivity contribution in [2.45, 2.75) is 38.8 Å². The summed E-state index contributed by atoms with van der Waals surface area (Å²) >= 11 is 0. The third-order valence-electron chi connectivity index (χ3n) is 3.61. The van der Waals surface area contributed by atoms with Gasteiger partial charge in [-0.05, 0) is 31.2 Å². The summed E-state index contributed by atoms with van der Waals surface area (Å²) in [6.45, 7) is 7.48. The molecule has 1 N–H and O–H groups in total. The Morgan fingerprint density at radius 3 is 2.94 bits per heavy atom. The Labute approximate surface area is 110 Å². The molecule has 0 amide bonds. The Kier molecular flexibility index (Phi) is 4.82. The van der Waals surface area contributed by atoms with Crippen LogP contribution in [-0.2, 0) is 6.54 Å². The van der Waals surface area contributed by atoms with Crippen molar-refractivity contribution in [3.63, 3.8) is 0 Å².